The van der Waals surface area contributed by atoms with E-state index in [0.29, 0.717) is 19.8 Å². The van der Waals surface area contributed by atoms with Crippen molar-refractivity contribution in [2.75, 3.05) is 32.1 Å². The van der Waals surface area contributed by atoms with E-state index in [1.807, 2.05) is 0 Å². The molecule has 0 bridgehead atoms. The number of rotatable bonds is 15. The summed E-state index contributed by atoms with van der Waals surface area (Å²) in [5, 5.41) is -0.112. The Labute approximate surface area is 145 Å². The van der Waals surface area contributed by atoms with Gasteiger partial charge in [0.2, 0.25) is 0 Å². The predicted molar refractivity (Wildman–Crippen MR) is 102 cm³/mol. The van der Waals surface area contributed by atoms with Crippen LogP contribution < -0.4 is 0 Å². The van der Waals surface area contributed by atoms with Crippen LogP contribution in [-0.2, 0) is 17.8 Å². The summed E-state index contributed by atoms with van der Waals surface area (Å²) in [5.74, 6) is 0. The van der Waals surface area contributed by atoms with E-state index in [4.69, 9.17) is 13.3 Å². The van der Waals surface area contributed by atoms with Crippen LogP contribution in [0.1, 0.15) is 73.6 Å². The zero-order valence-corrected chi connectivity index (χ0v) is 18.1. The lowest BCUT2D eigenvalue weighted by Gasteiger charge is -2.38. The third-order valence-corrected chi connectivity index (χ3v) is 13.0. The van der Waals surface area contributed by atoms with Gasteiger partial charge >= 0.3 is 8.80 Å². The van der Waals surface area contributed by atoms with Crippen molar-refractivity contribution in [3.05, 3.63) is 0 Å². The van der Waals surface area contributed by atoms with Gasteiger partial charge in [-0.25, -0.2) is 0 Å². The molecule has 0 aliphatic heterocycles. The molecule has 0 radical (unpaired) electrons. The zero-order chi connectivity index (χ0) is 17.8. The summed E-state index contributed by atoms with van der Waals surface area (Å²) < 4.78 is 32.3. The van der Waals surface area contributed by atoms with Crippen LogP contribution in [0.2, 0.25) is 0 Å². The van der Waals surface area contributed by atoms with E-state index < -0.39 is 15.9 Å². The molecule has 0 aliphatic carbocycles. The second-order valence-corrected chi connectivity index (χ2v) is 13.2. The Morgan fingerprint density at radius 3 is 1.35 bits per heavy atom. The van der Waals surface area contributed by atoms with Crippen LogP contribution in [0.15, 0.2) is 0 Å². The molecule has 4 nitrogen and oxygen atoms in total. The molecule has 1 unspecified atom stereocenters. The highest BCUT2D eigenvalue weighted by Crippen LogP contribution is 2.55. The van der Waals surface area contributed by atoms with Gasteiger partial charge in [0.15, 0.2) is 0 Å². The lowest BCUT2D eigenvalue weighted by Crippen LogP contribution is -2.56. The maximum Gasteiger partial charge on any atom is 0.511 e. The average Bonchev–Trinajstić information content (AvgIpc) is 2.54. The van der Waals surface area contributed by atoms with Gasteiger partial charge in [0, 0.05) is 32.1 Å². The summed E-state index contributed by atoms with van der Waals surface area (Å²) in [5.41, 5.74) is 0. The maximum absolute atomic E-state index is 13.6. The van der Waals surface area contributed by atoms with Crippen LogP contribution in [0, 0.1) is 0 Å². The first kappa shape index (κ1) is 23.3. The van der Waals surface area contributed by atoms with Crippen LogP contribution in [0.25, 0.3) is 0 Å². The van der Waals surface area contributed by atoms with Crippen LogP contribution >= 0.6 is 7.14 Å². The van der Waals surface area contributed by atoms with E-state index >= 15 is 0 Å². The first-order valence-electron chi connectivity index (χ1n) is 9.45. The highest BCUT2D eigenvalue weighted by atomic mass is 31.2. The molecule has 0 amide bonds. The molecule has 0 spiro atoms. The van der Waals surface area contributed by atoms with Gasteiger partial charge in [0.25, 0.3) is 0 Å². The molecular formula is C17H39O4PSi. The van der Waals surface area contributed by atoms with Gasteiger partial charge in [0.1, 0.15) is 0 Å². The molecule has 0 N–H and O–H groups in total. The minimum Gasteiger partial charge on any atom is -0.373 e. The van der Waals surface area contributed by atoms with Gasteiger partial charge in [-0.2, -0.15) is 0 Å². The van der Waals surface area contributed by atoms with E-state index in [1.54, 1.807) is 0 Å². The van der Waals surface area contributed by atoms with Gasteiger partial charge in [-0.3, -0.25) is 0 Å². The second kappa shape index (κ2) is 12.7. The van der Waals surface area contributed by atoms with Gasteiger partial charge in [-0.1, -0.05) is 41.5 Å². The van der Waals surface area contributed by atoms with Crippen LogP contribution in [0.3, 0.4) is 0 Å². The van der Waals surface area contributed by atoms with Gasteiger partial charge in [-0.05, 0) is 32.1 Å². The summed E-state index contributed by atoms with van der Waals surface area (Å²) in [6.07, 6.45) is 6.13. The fourth-order valence-electron chi connectivity index (χ4n) is 2.76. The minimum absolute atomic E-state index is 0.112. The Kier molecular flexibility index (Phi) is 12.8. The van der Waals surface area contributed by atoms with Crippen molar-refractivity contribution in [3.8, 4) is 0 Å². The van der Waals surface area contributed by atoms with Crippen LogP contribution in [-0.4, -0.2) is 46.2 Å². The lowest BCUT2D eigenvalue weighted by atomic mass is 10.5. The summed E-state index contributed by atoms with van der Waals surface area (Å²) >= 11 is 0. The zero-order valence-electron chi connectivity index (χ0n) is 16.2. The van der Waals surface area contributed by atoms with Crippen molar-refractivity contribution in [2.24, 2.45) is 0 Å². The van der Waals surface area contributed by atoms with E-state index in [0.717, 1.165) is 44.4 Å². The monoisotopic (exact) mass is 366 g/mol. The standard InChI is InChI=1S/C17H39O4PSi/c1-7-12-19-23(20-13-8-2,21-14-9-3)17(6)22(18,15-10-4)16-11-5/h17H,7-16H2,1-6H3. The molecule has 1 atom stereocenters. The Bertz CT molecular complexity index is 307. The highest BCUT2D eigenvalue weighted by molar-refractivity contribution is 7.67. The molecular weight excluding hydrogens is 327 g/mol. The molecule has 0 aromatic rings. The van der Waals surface area contributed by atoms with Crippen molar-refractivity contribution < 1.29 is 17.8 Å². The fourth-order valence-corrected chi connectivity index (χ4v) is 11.5. The maximum atomic E-state index is 13.6. The Morgan fingerprint density at radius 1 is 0.739 bits per heavy atom. The smallest absolute Gasteiger partial charge is 0.373 e. The van der Waals surface area contributed by atoms with E-state index in [2.05, 4.69) is 41.5 Å². The largest absolute Gasteiger partial charge is 0.511 e. The molecule has 0 aromatic heterocycles. The molecule has 23 heavy (non-hydrogen) atoms. The summed E-state index contributed by atoms with van der Waals surface area (Å²) in [6.45, 7) is 14.4. The topological polar surface area (TPSA) is 44.8 Å². The summed E-state index contributed by atoms with van der Waals surface area (Å²) in [6, 6.07) is 0. The van der Waals surface area contributed by atoms with Crippen molar-refractivity contribution in [3.63, 3.8) is 0 Å². The normalized spacial score (nSPS) is 14.2. The average molecular weight is 367 g/mol. The quantitative estimate of drug-likeness (QED) is 0.291. The molecule has 0 heterocycles. The molecule has 0 aromatic carbocycles. The number of hydrogen-bond acceptors (Lipinski definition) is 4. The van der Waals surface area contributed by atoms with Gasteiger partial charge in [-0.15, -0.1) is 0 Å². The van der Waals surface area contributed by atoms with E-state index in [-0.39, 0.29) is 5.28 Å². The molecule has 0 rings (SSSR count). The molecule has 0 saturated heterocycles. The van der Waals surface area contributed by atoms with Crippen molar-refractivity contribution >= 4 is 15.9 Å². The molecule has 0 fully saturated rings. The van der Waals surface area contributed by atoms with Crippen molar-refractivity contribution in [2.45, 2.75) is 78.9 Å². The van der Waals surface area contributed by atoms with Gasteiger partial charge in [0.05, 0.1) is 12.4 Å². The van der Waals surface area contributed by atoms with Gasteiger partial charge < -0.3 is 17.8 Å². The highest BCUT2D eigenvalue weighted by Gasteiger charge is 2.54. The Balaban J connectivity index is 5.56. The number of hydrogen-bond donors (Lipinski definition) is 0. The fraction of sp³-hybridized carbons (Fsp3) is 1.00. The third-order valence-electron chi connectivity index (χ3n) is 3.94. The Morgan fingerprint density at radius 2 is 1.09 bits per heavy atom. The van der Waals surface area contributed by atoms with E-state index in [1.165, 1.54) is 0 Å². The predicted octanol–water partition coefficient (Wildman–Crippen LogP) is 5.32. The molecule has 0 aliphatic rings. The lowest BCUT2D eigenvalue weighted by molar-refractivity contribution is 0.0578. The molecule has 140 valence electrons. The molecule has 6 heteroatoms. The minimum atomic E-state index is -2.93. The third kappa shape index (κ3) is 7.39. The first-order valence-corrected chi connectivity index (χ1v) is 13.4. The molecule has 0 saturated carbocycles. The van der Waals surface area contributed by atoms with E-state index in [9.17, 15) is 4.57 Å². The summed E-state index contributed by atoms with van der Waals surface area (Å²) in [7, 11) is -5.30. The first-order chi connectivity index (χ1) is 11.0. The van der Waals surface area contributed by atoms with Crippen LogP contribution in [0.4, 0.5) is 0 Å². The SMILES string of the molecule is CCCO[Si](OCCC)(OCCC)C(C)P(=O)(CCC)CCC. The van der Waals surface area contributed by atoms with Crippen molar-refractivity contribution in [1.29, 1.82) is 0 Å². The van der Waals surface area contributed by atoms with Crippen molar-refractivity contribution in [1.82, 2.24) is 0 Å². The van der Waals surface area contributed by atoms with Crippen LogP contribution in [0.5, 0.6) is 0 Å². The summed E-state index contributed by atoms with van der Waals surface area (Å²) in [4.78, 5) is 0. The Hall–Kier alpha value is 0.327. The second-order valence-electron chi connectivity index (χ2n) is 6.22.